The molecule has 1 unspecified atom stereocenters. The summed E-state index contributed by atoms with van der Waals surface area (Å²) in [6.45, 7) is 1.89. The van der Waals surface area contributed by atoms with Gasteiger partial charge >= 0.3 is 12.1 Å². The molecule has 0 radical (unpaired) electrons. The van der Waals surface area contributed by atoms with Gasteiger partial charge in [-0.3, -0.25) is 4.79 Å². The van der Waals surface area contributed by atoms with Crippen molar-refractivity contribution < 1.29 is 32.5 Å². The first kappa shape index (κ1) is 18.6. The van der Waals surface area contributed by atoms with Crippen LogP contribution in [0, 0.1) is 5.92 Å². The van der Waals surface area contributed by atoms with Crippen LogP contribution in [0.4, 0.5) is 13.2 Å². The minimum atomic E-state index is -4.61. The van der Waals surface area contributed by atoms with E-state index in [1.54, 1.807) is 19.1 Å². The Kier molecular flexibility index (Phi) is 6.10. The van der Waals surface area contributed by atoms with Gasteiger partial charge in [0.15, 0.2) is 6.10 Å². The highest BCUT2D eigenvalue weighted by atomic mass is 19.4. The maximum atomic E-state index is 13.0. The fraction of sp³-hybridized carbons (Fsp3) is 0.588. The van der Waals surface area contributed by atoms with Gasteiger partial charge in [0.2, 0.25) is 0 Å². The quantitative estimate of drug-likeness (QED) is 0.634. The Balaban J connectivity index is 1.98. The van der Waals surface area contributed by atoms with E-state index in [0.717, 1.165) is 11.1 Å². The fourth-order valence-electron chi connectivity index (χ4n) is 2.80. The molecule has 1 aromatic carbocycles. The van der Waals surface area contributed by atoms with Gasteiger partial charge in [-0.1, -0.05) is 6.07 Å². The molecule has 1 aliphatic carbocycles. The first-order valence-corrected chi connectivity index (χ1v) is 7.97. The number of benzene rings is 1. The smallest absolute Gasteiger partial charge is 0.425 e. The summed E-state index contributed by atoms with van der Waals surface area (Å²) < 4.78 is 48.7. The lowest BCUT2D eigenvalue weighted by Gasteiger charge is -2.26. The molecule has 0 heterocycles. The Morgan fingerprint density at radius 1 is 1.38 bits per heavy atom. The van der Waals surface area contributed by atoms with Crippen molar-refractivity contribution in [2.24, 2.45) is 5.92 Å². The molecule has 2 rings (SSSR count). The molecule has 0 saturated heterocycles. The number of rotatable bonds is 6. The molecule has 0 aliphatic heterocycles. The van der Waals surface area contributed by atoms with Crippen molar-refractivity contribution in [3.8, 4) is 5.75 Å². The number of esters is 1. The molecule has 1 aliphatic rings. The van der Waals surface area contributed by atoms with Crippen molar-refractivity contribution in [3.63, 3.8) is 0 Å². The van der Waals surface area contributed by atoms with Crippen LogP contribution in [0.5, 0.6) is 5.75 Å². The Morgan fingerprint density at radius 2 is 2.12 bits per heavy atom. The van der Waals surface area contributed by atoms with Gasteiger partial charge < -0.3 is 14.6 Å². The summed E-state index contributed by atoms with van der Waals surface area (Å²) in [6.07, 6.45) is -5.89. The number of hydrogen-bond acceptors (Lipinski definition) is 4. The summed E-state index contributed by atoms with van der Waals surface area (Å²) in [6, 6.07) is 4.82. The van der Waals surface area contributed by atoms with E-state index in [1.807, 2.05) is 0 Å². The topological polar surface area (TPSA) is 55.8 Å². The average Bonchev–Trinajstić information content (AvgIpc) is 2.52. The molecule has 0 spiro atoms. The second kappa shape index (κ2) is 7.88. The number of halogens is 3. The number of carbonyl (C=O) groups is 1. The number of alkyl halides is 3. The van der Waals surface area contributed by atoms with E-state index in [9.17, 15) is 23.1 Å². The lowest BCUT2D eigenvalue weighted by Crippen LogP contribution is -2.37. The van der Waals surface area contributed by atoms with E-state index >= 15 is 0 Å². The van der Waals surface area contributed by atoms with Crippen LogP contribution < -0.4 is 0 Å². The third-order valence-corrected chi connectivity index (χ3v) is 4.10. The number of fused-ring (bicyclic) bond motifs is 1. The van der Waals surface area contributed by atoms with Crippen LogP contribution in [-0.4, -0.2) is 36.6 Å². The summed E-state index contributed by atoms with van der Waals surface area (Å²) >= 11 is 0. The van der Waals surface area contributed by atoms with Crippen molar-refractivity contribution in [2.45, 2.75) is 44.9 Å². The third-order valence-electron chi connectivity index (χ3n) is 4.10. The molecule has 0 aromatic heterocycles. The molecule has 7 heteroatoms. The lowest BCUT2D eigenvalue weighted by atomic mass is 9.84. The predicted octanol–water partition coefficient (Wildman–Crippen LogP) is 3.40. The molecule has 0 bridgehead atoms. The number of phenolic OH excluding ortho intramolecular Hbond substituents is 1. The fourth-order valence-corrected chi connectivity index (χ4v) is 2.80. The zero-order valence-electron chi connectivity index (χ0n) is 13.4. The van der Waals surface area contributed by atoms with Crippen LogP contribution >= 0.6 is 0 Å². The number of hydrogen-bond donors (Lipinski definition) is 1. The number of ether oxygens (including phenoxy) is 2. The zero-order valence-corrected chi connectivity index (χ0v) is 13.4. The van der Waals surface area contributed by atoms with Crippen LogP contribution in [0.2, 0.25) is 0 Å². The molecule has 0 amide bonds. The van der Waals surface area contributed by atoms with Crippen molar-refractivity contribution in [1.82, 2.24) is 0 Å². The number of phenols is 1. The van der Waals surface area contributed by atoms with Crippen LogP contribution in [0.1, 0.15) is 30.9 Å². The van der Waals surface area contributed by atoms with Crippen molar-refractivity contribution in [1.29, 1.82) is 0 Å². The second-order valence-electron chi connectivity index (χ2n) is 5.85. The van der Waals surface area contributed by atoms with Gasteiger partial charge in [0.25, 0.3) is 0 Å². The third kappa shape index (κ3) is 4.87. The monoisotopic (exact) mass is 346 g/mol. The van der Waals surface area contributed by atoms with Gasteiger partial charge in [-0.25, -0.2) is 0 Å². The normalized spacial score (nSPS) is 18.8. The number of carbonyl (C=O) groups excluding carboxylic acids is 1. The highest BCUT2D eigenvalue weighted by Gasteiger charge is 2.43. The van der Waals surface area contributed by atoms with Crippen LogP contribution in [-0.2, 0) is 27.1 Å². The maximum Gasteiger partial charge on any atom is 0.425 e. The molecule has 1 aromatic rings. The largest absolute Gasteiger partial charge is 0.508 e. The number of aryl methyl sites for hydroxylation is 1. The van der Waals surface area contributed by atoms with Crippen LogP contribution in [0.25, 0.3) is 0 Å². The maximum absolute atomic E-state index is 13.0. The Labute approximate surface area is 138 Å². The van der Waals surface area contributed by atoms with E-state index in [4.69, 9.17) is 9.47 Å². The van der Waals surface area contributed by atoms with Gasteiger partial charge in [0, 0.05) is 13.0 Å². The van der Waals surface area contributed by atoms with Gasteiger partial charge in [-0.15, -0.1) is 0 Å². The van der Waals surface area contributed by atoms with Gasteiger partial charge in [-0.2, -0.15) is 13.2 Å². The zero-order chi connectivity index (χ0) is 17.7. The summed E-state index contributed by atoms with van der Waals surface area (Å²) in [5.74, 6) is -1.28. The van der Waals surface area contributed by atoms with E-state index in [0.29, 0.717) is 25.9 Å². The highest BCUT2D eigenvalue weighted by Crippen LogP contribution is 2.31. The van der Waals surface area contributed by atoms with Gasteiger partial charge in [0.1, 0.15) is 5.75 Å². The van der Waals surface area contributed by atoms with Gasteiger partial charge in [0.05, 0.1) is 12.5 Å². The van der Waals surface area contributed by atoms with Crippen molar-refractivity contribution >= 4 is 5.97 Å². The standard InChI is InChI=1S/C17H21F3O4/c1-2-23-8-7-15(17(18,19)20)24-16(22)13-4-3-12-10-14(21)6-5-11(12)9-13/h5-6,10,13,15,21H,2-4,7-9H2,1H3/t13-,15?/m1/s1. The molecule has 134 valence electrons. The van der Waals surface area contributed by atoms with Crippen molar-refractivity contribution in [2.75, 3.05) is 13.2 Å². The number of aromatic hydroxyl groups is 1. The highest BCUT2D eigenvalue weighted by molar-refractivity contribution is 5.73. The SMILES string of the molecule is CCOCCC(OC(=O)[C@@H]1CCc2cc(O)ccc2C1)C(F)(F)F. The molecule has 0 fully saturated rings. The summed E-state index contributed by atoms with van der Waals surface area (Å²) in [7, 11) is 0. The molecular formula is C17H21F3O4. The minimum absolute atomic E-state index is 0.110. The average molecular weight is 346 g/mol. The molecule has 1 N–H and O–H groups in total. The van der Waals surface area contributed by atoms with Crippen LogP contribution in [0.3, 0.4) is 0 Å². The second-order valence-corrected chi connectivity index (χ2v) is 5.85. The molecule has 24 heavy (non-hydrogen) atoms. The predicted molar refractivity (Wildman–Crippen MR) is 80.7 cm³/mol. The van der Waals surface area contributed by atoms with E-state index in [1.165, 1.54) is 6.07 Å². The minimum Gasteiger partial charge on any atom is -0.508 e. The van der Waals surface area contributed by atoms with E-state index in [-0.39, 0.29) is 12.4 Å². The summed E-state index contributed by atoms with van der Waals surface area (Å²) in [5.41, 5.74) is 1.78. The first-order valence-electron chi connectivity index (χ1n) is 7.97. The molecule has 0 saturated carbocycles. The Bertz CT molecular complexity index is 571. The van der Waals surface area contributed by atoms with Crippen molar-refractivity contribution in [3.05, 3.63) is 29.3 Å². The summed E-state index contributed by atoms with van der Waals surface area (Å²) in [4.78, 5) is 12.2. The molecular weight excluding hydrogens is 325 g/mol. The van der Waals surface area contributed by atoms with E-state index in [2.05, 4.69) is 0 Å². The Hall–Kier alpha value is -1.76. The lowest BCUT2D eigenvalue weighted by molar-refractivity contribution is -0.227. The summed E-state index contributed by atoms with van der Waals surface area (Å²) in [5, 5.41) is 9.45. The molecule has 4 nitrogen and oxygen atoms in total. The van der Waals surface area contributed by atoms with Gasteiger partial charge in [-0.05, 0) is 49.4 Å². The van der Waals surface area contributed by atoms with E-state index < -0.39 is 30.6 Å². The first-order chi connectivity index (χ1) is 11.3. The Morgan fingerprint density at radius 3 is 2.79 bits per heavy atom. The van der Waals surface area contributed by atoms with Crippen LogP contribution in [0.15, 0.2) is 18.2 Å². The molecule has 2 atom stereocenters.